The molecule has 3 amide bonds. The first-order valence-electron chi connectivity index (χ1n) is 10.5. The van der Waals surface area contributed by atoms with E-state index in [1.54, 1.807) is 48.5 Å². The van der Waals surface area contributed by atoms with Crippen LogP contribution in [0.25, 0.3) is 0 Å². The quantitative estimate of drug-likeness (QED) is 0.430. The predicted molar refractivity (Wildman–Crippen MR) is 135 cm³/mol. The molecule has 4 rings (SSSR count). The predicted octanol–water partition coefficient (Wildman–Crippen LogP) is 5.95. The van der Waals surface area contributed by atoms with Crippen LogP contribution in [0.2, 0.25) is 5.02 Å². The highest BCUT2D eigenvalue weighted by Gasteiger charge is 2.39. The third kappa shape index (κ3) is 4.42. The van der Waals surface area contributed by atoms with E-state index in [1.165, 1.54) is 0 Å². The Hall–Kier alpha value is -3.61. The number of rotatable bonds is 5. The molecule has 0 aromatic heterocycles. The van der Waals surface area contributed by atoms with E-state index < -0.39 is 11.8 Å². The van der Waals surface area contributed by atoms with Gasteiger partial charge in [0.15, 0.2) is 0 Å². The molecule has 0 spiro atoms. The normalized spacial score (nSPS) is 13.5. The highest BCUT2D eigenvalue weighted by atomic mass is 35.5. The Morgan fingerprint density at radius 1 is 0.824 bits per heavy atom. The first-order valence-corrected chi connectivity index (χ1v) is 11.2. The molecular formula is C26H21Cl2N3O3. The van der Waals surface area contributed by atoms with Crippen molar-refractivity contribution >= 4 is 58.0 Å². The van der Waals surface area contributed by atoms with Gasteiger partial charge in [0.25, 0.3) is 17.7 Å². The second kappa shape index (κ2) is 9.33. The van der Waals surface area contributed by atoms with Crippen molar-refractivity contribution in [3.63, 3.8) is 0 Å². The molecule has 1 aliphatic heterocycles. The molecule has 0 atom stereocenters. The molecule has 0 fully saturated rings. The van der Waals surface area contributed by atoms with E-state index in [2.05, 4.69) is 10.6 Å². The van der Waals surface area contributed by atoms with E-state index >= 15 is 0 Å². The first kappa shape index (κ1) is 23.5. The Labute approximate surface area is 207 Å². The van der Waals surface area contributed by atoms with Gasteiger partial charge in [-0.25, -0.2) is 4.90 Å². The number of amides is 3. The van der Waals surface area contributed by atoms with Crippen molar-refractivity contribution < 1.29 is 14.4 Å². The van der Waals surface area contributed by atoms with Crippen LogP contribution in [0.1, 0.15) is 27.0 Å². The molecule has 3 aromatic rings. The molecule has 2 N–H and O–H groups in total. The van der Waals surface area contributed by atoms with Gasteiger partial charge in [-0.05, 0) is 73.9 Å². The lowest BCUT2D eigenvalue weighted by molar-refractivity contribution is -0.120. The SMILES string of the molecule is Cc1ccc(NC(=O)c2cccc(NC3=C(Cl)C(=O)N(c4cccc(C)c4C)C3=O)c2)cc1Cl. The Kier molecular flexibility index (Phi) is 6.46. The van der Waals surface area contributed by atoms with Gasteiger partial charge >= 0.3 is 0 Å². The molecule has 3 aromatic carbocycles. The number of imide groups is 1. The summed E-state index contributed by atoms with van der Waals surface area (Å²) in [5.41, 5.74) is 4.44. The summed E-state index contributed by atoms with van der Waals surface area (Å²) in [4.78, 5) is 39.7. The van der Waals surface area contributed by atoms with Crippen LogP contribution >= 0.6 is 23.2 Å². The van der Waals surface area contributed by atoms with Gasteiger partial charge in [-0.1, -0.05) is 47.5 Å². The fraction of sp³-hybridized carbons (Fsp3) is 0.115. The van der Waals surface area contributed by atoms with Crippen LogP contribution < -0.4 is 15.5 Å². The van der Waals surface area contributed by atoms with Crippen LogP contribution in [0.15, 0.2) is 71.4 Å². The Morgan fingerprint density at radius 2 is 1.56 bits per heavy atom. The molecule has 0 radical (unpaired) electrons. The Balaban J connectivity index is 1.56. The Bertz CT molecular complexity index is 1380. The maximum atomic E-state index is 13.1. The van der Waals surface area contributed by atoms with E-state index in [1.807, 2.05) is 32.9 Å². The lowest BCUT2D eigenvalue weighted by Gasteiger charge is -2.18. The van der Waals surface area contributed by atoms with Gasteiger partial charge in [0.2, 0.25) is 0 Å². The minimum atomic E-state index is -0.604. The van der Waals surface area contributed by atoms with Crippen molar-refractivity contribution in [3.05, 3.63) is 98.7 Å². The summed E-state index contributed by atoms with van der Waals surface area (Å²) in [6.07, 6.45) is 0. The summed E-state index contributed by atoms with van der Waals surface area (Å²) in [6, 6.07) is 17.2. The smallest absolute Gasteiger partial charge is 0.283 e. The minimum Gasteiger partial charge on any atom is -0.350 e. The Morgan fingerprint density at radius 3 is 2.29 bits per heavy atom. The molecule has 0 saturated heterocycles. The summed E-state index contributed by atoms with van der Waals surface area (Å²) in [6.45, 7) is 5.62. The molecular weight excluding hydrogens is 473 g/mol. The fourth-order valence-electron chi connectivity index (χ4n) is 3.56. The van der Waals surface area contributed by atoms with Crippen LogP contribution in [-0.2, 0) is 9.59 Å². The topological polar surface area (TPSA) is 78.5 Å². The van der Waals surface area contributed by atoms with E-state index in [0.717, 1.165) is 21.6 Å². The van der Waals surface area contributed by atoms with Gasteiger partial charge in [0.1, 0.15) is 10.7 Å². The van der Waals surface area contributed by atoms with Gasteiger partial charge in [-0.2, -0.15) is 0 Å². The van der Waals surface area contributed by atoms with E-state index in [0.29, 0.717) is 27.6 Å². The van der Waals surface area contributed by atoms with E-state index in [4.69, 9.17) is 23.2 Å². The molecule has 6 nitrogen and oxygen atoms in total. The van der Waals surface area contributed by atoms with E-state index in [9.17, 15) is 14.4 Å². The van der Waals surface area contributed by atoms with E-state index in [-0.39, 0.29) is 16.6 Å². The summed E-state index contributed by atoms with van der Waals surface area (Å²) < 4.78 is 0. The number of benzene rings is 3. The standard InChI is InChI=1S/C26H21Cl2N3O3/c1-14-6-4-9-21(16(14)3)31-25(33)22(28)23(26(31)34)29-18-8-5-7-17(12-18)24(32)30-19-11-10-15(2)20(27)13-19/h4-13,29H,1-3H3,(H,30,32). The second-order valence-corrected chi connectivity index (χ2v) is 8.76. The van der Waals surface area contributed by atoms with Gasteiger partial charge in [-0.3, -0.25) is 14.4 Å². The molecule has 0 unspecified atom stereocenters. The summed E-state index contributed by atoms with van der Waals surface area (Å²) in [5, 5.41) is 6.04. The maximum Gasteiger partial charge on any atom is 0.283 e. The van der Waals surface area contributed by atoms with Crippen LogP contribution in [-0.4, -0.2) is 17.7 Å². The highest BCUT2D eigenvalue weighted by Crippen LogP contribution is 2.33. The van der Waals surface area contributed by atoms with Crippen LogP contribution in [0, 0.1) is 20.8 Å². The number of carbonyl (C=O) groups excluding carboxylic acids is 3. The number of nitrogens with zero attached hydrogens (tertiary/aromatic N) is 1. The molecule has 172 valence electrons. The number of aryl methyl sites for hydroxylation is 2. The fourth-order valence-corrected chi connectivity index (χ4v) is 3.96. The second-order valence-electron chi connectivity index (χ2n) is 7.98. The summed E-state index contributed by atoms with van der Waals surface area (Å²) in [7, 11) is 0. The molecule has 34 heavy (non-hydrogen) atoms. The molecule has 1 aliphatic rings. The molecule has 0 bridgehead atoms. The van der Waals surface area contributed by atoms with Crippen LogP contribution in [0.5, 0.6) is 0 Å². The first-order chi connectivity index (χ1) is 16.2. The number of halogens is 2. The lowest BCUT2D eigenvalue weighted by Crippen LogP contribution is -2.33. The number of hydrogen-bond donors (Lipinski definition) is 2. The third-order valence-electron chi connectivity index (χ3n) is 5.67. The van der Waals surface area contributed by atoms with Crippen molar-refractivity contribution in [3.8, 4) is 0 Å². The minimum absolute atomic E-state index is 0.0459. The van der Waals surface area contributed by atoms with Crippen molar-refractivity contribution in [1.82, 2.24) is 0 Å². The molecule has 0 aliphatic carbocycles. The number of nitrogens with one attached hydrogen (secondary N) is 2. The molecule has 1 heterocycles. The summed E-state index contributed by atoms with van der Waals surface area (Å²) >= 11 is 12.4. The van der Waals surface area contributed by atoms with Gasteiger partial charge in [-0.15, -0.1) is 0 Å². The van der Waals surface area contributed by atoms with Crippen molar-refractivity contribution in [2.75, 3.05) is 15.5 Å². The van der Waals surface area contributed by atoms with Crippen LogP contribution in [0.3, 0.4) is 0 Å². The lowest BCUT2D eigenvalue weighted by atomic mass is 10.1. The monoisotopic (exact) mass is 493 g/mol. The molecule has 0 saturated carbocycles. The largest absolute Gasteiger partial charge is 0.350 e. The zero-order chi connectivity index (χ0) is 24.6. The van der Waals surface area contributed by atoms with Crippen LogP contribution in [0.4, 0.5) is 17.1 Å². The van der Waals surface area contributed by atoms with Crippen molar-refractivity contribution in [2.45, 2.75) is 20.8 Å². The number of carbonyl (C=O) groups is 3. The van der Waals surface area contributed by atoms with Gasteiger partial charge in [0, 0.05) is 22.0 Å². The van der Waals surface area contributed by atoms with Crippen molar-refractivity contribution in [2.24, 2.45) is 0 Å². The number of hydrogen-bond acceptors (Lipinski definition) is 4. The average molecular weight is 494 g/mol. The van der Waals surface area contributed by atoms with Crippen molar-refractivity contribution in [1.29, 1.82) is 0 Å². The van der Waals surface area contributed by atoms with Gasteiger partial charge in [0.05, 0.1) is 5.69 Å². The summed E-state index contributed by atoms with van der Waals surface area (Å²) in [5.74, 6) is -1.52. The number of anilines is 3. The average Bonchev–Trinajstić information content (AvgIpc) is 3.01. The third-order valence-corrected chi connectivity index (χ3v) is 6.43. The zero-order valence-corrected chi connectivity index (χ0v) is 20.2. The molecule has 8 heteroatoms. The van der Waals surface area contributed by atoms with Gasteiger partial charge < -0.3 is 10.6 Å². The maximum absolute atomic E-state index is 13.1. The highest BCUT2D eigenvalue weighted by molar-refractivity contribution is 6.53. The zero-order valence-electron chi connectivity index (χ0n) is 18.7.